The van der Waals surface area contributed by atoms with Gasteiger partial charge in [0.15, 0.2) is 24.4 Å². The molecule has 0 spiro atoms. The number of hydrogen-bond acceptors (Lipinski definition) is 10. The van der Waals surface area contributed by atoms with E-state index in [9.17, 15) is 24.4 Å². The molecule has 1 fully saturated rings. The molecule has 1 aliphatic heterocycles. The highest BCUT2D eigenvalue weighted by atomic mass is 16.7. The fourth-order valence-corrected chi connectivity index (χ4v) is 2.91. The first-order valence-corrected chi connectivity index (χ1v) is 9.01. The van der Waals surface area contributed by atoms with Gasteiger partial charge in [-0.1, -0.05) is 18.2 Å². The zero-order chi connectivity index (χ0) is 22.3. The number of ether oxygens (including phenoxy) is 5. The van der Waals surface area contributed by atoms with Gasteiger partial charge in [-0.3, -0.25) is 14.4 Å². The highest BCUT2D eigenvalue weighted by Gasteiger charge is 2.52. The number of hydrogen-bond donors (Lipinski definition) is 0. The monoisotopic (exact) mass is 419 g/mol. The van der Waals surface area contributed by atoms with Crippen molar-refractivity contribution in [3.8, 4) is 6.07 Å². The SMILES string of the molecule is CC(=O)OC[C@H]1O[C@@H](C#N)[C@H](OC(=O)c2ccccc2)[C@@H](OC(C)=O)[C@@H]1OC(C)=O. The van der Waals surface area contributed by atoms with Crippen molar-refractivity contribution in [1.29, 1.82) is 5.26 Å². The molecule has 0 aromatic heterocycles. The van der Waals surface area contributed by atoms with Crippen molar-refractivity contribution >= 4 is 23.9 Å². The minimum Gasteiger partial charge on any atom is -0.463 e. The first-order chi connectivity index (χ1) is 14.2. The lowest BCUT2D eigenvalue weighted by atomic mass is 9.94. The molecular formula is C20H21NO9. The third-order valence-corrected chi connectivity index (χ3v) is 4.07. The van der Waals surface area contributed by atoms with Gasteiger partial charge in [0.05, 0.1) is 11.6 Å². The summed E-state index contributed by atoms with van der Waals surface area (Å²) in [5, 5.41) is 9.54. The third-order valence-electron chi connectivity index (χ3n) is 4.07. The zero-order valence-electron chi connectivity index (χ0n) is 16.6. The van der Waals surface area contributed by atoms with Crippen molar-refractivity contribution in [1.82, 2.24) is 0 Å². The Balaban J connectivity index is 2.37. The van der Waals surface area contributed by atoms with Crippen LogP contribution in [-0.4, -0.2) is 61.0 Å². The molecule has 0 unspecified atom stereocenters. The van der Waals surface area contributed by atoms with E-state index in [0.717, 1.165) is 13.8 Å². The van der Waals surface area contributed by atoms with Gasteiger partial charge in [-0.2, -0.15) is 5.26 Å². The van der Waals surface area contributed by atoms with Crippen LogP contribution in [-0.2, 0) is 38.1 Å². The van der Waals surface area contributed by atoms with Crippen LogP contribution in [0.3, 0.4) is 0 Å². The molecule has 1 saturated heterocycles. The lowest BCUT2D eigenvalue weighted by molar-refractivity contribution is -0.237. The second kappa shape index (κ2) is 10.4. The largest absolute Gasteiger partial charge is 0.463 e. The van der Waals surface area contributed by atoms with E-state index in [1.165, 1.54) is 19.1 Å². The van der Waals surface area contributed by atoms with E-state index in [1.807, 2.05) is 6.07 Å². The predicted octanol–water partition coefficient (Wildman–Crippen LogP) is 0.929. The number of nitriles is 1. The molecule has 0 radical (unpaired) electrons. The standard InChI is InChI=1S/C20H21NO9/c1-11(22)26-10-16-18(27-12(2)23)19(28-13(3)24)17(15(9-21)29-16)30-20(25)14-7-5-4-6-8-14/h4-8,15-19H,10H2,1-3H3/t15-,16+,17-,18+,19+/m0/s1. The number of carbonyl (C=O) groups excluding carboxylic acids is 4. The van der Waals surface area contributed by atoms with Gasteiger partial charge >= 0.3 is 23.9 Å². The van der Waals surface area contributed by atoms with Crippen molar-refractivity contribution in [3.05, 3.63) is 35.9 Å². The highest BCUT2D eigenvalue weighted by Crippen LogP contribution is 2.29. The van der Waals surface area contributed by atoms with Crippen molar-refractivity contribution < 1.29 is 42.9 Å². The molecule has 160 valence electrons. The second-order valence-corrected chi connectivity index (χ2v) is 6.41. The number of carbonyl (C=O) groups is 4. The molecule has 0 aliphatic carbocycles. The van der Waals surface area contributed by atoms with E-state index in [0.29, 0.717) is 0 Å². The number of esters is 4. The maximum atomic E-state index is 12.5. The van der Waals surface area contributed by atoms with E-state index in [1.54, 1.807) is 18.2 Å². The van der Waals surface area contributed by atoms with Crippen LogP contribution < -0.4 is 0 Å². The first kappa shape index (κ1) is 22.8. The van der Waals surface area contributed by atoms with Gasteiger partial charge in [0.1, 0.15) is 12.7 Å². The maximum Gasteiger partial charge on any atom is 0.338 e. The first-order valence-electron chi connectivity index (χ1n) is 9.01. The summed E-state index contributed by atoms with van der Waals surface area (Å²) in [7, 11) is 0. The fourth-order valence-electron chi connectivity index (χ4n) is 2.91. The molecule has 10 nitrogen and oxygen atoms in total. The highest BCUT2D eigenvalue weighted by molar-refractivity contribution is 5.89. The quantitative estimate of drug-likeness (QED) is 0.483. The topological polar surface area (TPSA) is 138 Å². The number of nitrogens with zero attached hydrogens (tertiary/aromatic N) is 1. The summed E-state index contributed by atoms with van der Waals surface area (Å²) >= 11 is 0. The van der Waals surface area contributed by atoms with Crippen LogP contribution in [0, 0.1) is 11.3 Å². The van der Waals surface area contributed by atoms with Gasteiger partial charge in [0.2, 0.25) is 0 Å². The van der Waals surface area contributed by atoms with E-state index < -0.39 is 54.4 Å². The number of rotatable bonds is 6. The minimum absolute atomic E-state index is 0.196. The smallest absolute Gasteiger partial charge is 0.338 e. The van der Waals surface area contributed by atoms with Gasteiger partial charge < -0.3 is 23.7 Å². The van der Waals surface area contributed by atoms with Crippen LogP contribution in [0.4, 0.5) is 0 Å². The van der Waals surface area contributed by atoms with Crippen molar-refractivity contribution in [2.75, 3.05) is 6.61 Å². The Morgan fingerprint density at radius 3 is 2.03 bits per heavy atom. The molecule has 0 N–H and O–H groups in total. The van der Waals surface area contributed by atoms with E-state index >= 15 is 0 Å². The van der Waals surface area contributed by atoms with Crippen LogP contribution >= 0.6 is 0 Å². The van der Waals surface area contributed by atoms with Crippen LogP contribution in [0.2, 0.25) is 0 Å². The van der Waals surface area contributed by atoms with Gasteiger partial charge in [-0.05, 0) is 12.1 Å². The summed E-state index contributed by atoms with van der Waals surface area (Å²) in [5.41, 5.74) is 0.196. The Bertz CT molecular complexity index is 832. The molecule has 0 bridgehead atoms. The molecular weight excluding hydrogens is 398 g/mol. The van der Waals surface area contributed by atoms with E-state index in [-0.39, 0.29) is 12.2 Å². The van der Waals surface area contributed by atoms with Gasteiger partial charge in [-0.25, -0.2) is 4.79 Å². The molecule has 2 rings (SSSR count). The Hall–Kier alpha value is -3.45. The Labute approximate surface area is 172 Å². The van der Waals surface area contributed by atoms with E-state index in [2.05, 4.69) is 0 Å². The minimum atomic E-state index is -1.40. The molecule has 1 aromatic rings. The molecule has 0 amide bonds. The molecule has 1 aliphatic rings. The van der Waals surface area contributed by atoms with Gasteiger partial charge in [0, 0.05) is 20.8 Å². The van der Waals surface area contributed by atoms with Crippen LogP contribution in [0.5, 0.6) is 0 Å². The summed E-state index contributed by atoms with van der Waals surface area (Å²) in [6.07, 6.45) is -6.56. The van der Waals surface area contributed by atoms with Gasteiger partial charge in [0.25, 0.3) is 0 Å². The summed E-state index contributed by atoms with van der Waals surface area (Å²) < 4.78 is 26.4. The van der Waals surface area contributed by atoms with Crippen LogP contribution in [0.15, 0.2) is 30.3 Å². The van der Waals surface area contributed by atoms with Crippen LogP contribution in [0.1, 0.15) is 31.1 Å². The maximum absolute atomic E-state index is 12.5. The molecule has 10 heteroatoms. The predicted molar refractivity (Wildman–Crippen MR) is 97.7 cm³/mol. The number of benzene rings is 1. The molecule has 0 saturated carbocycles. The van der Waals surface area contributed by atoms with Crippen molar-refractivity contribution in [2.45, 2.75) is 51.3 Å². The normalized spacial score (nSPS) is 25.3. The van der Waals surface area contributed by atoms with E-state index in [4.69, 9.17) is 23.7 Å². The zero-order valence-corrected chi connectivity index (χ0v) is 16.6. The third kappa shape index (κ3) is 6.02. The van der Waals surface area contributed by atoms with Crippen molar-refractivity contribution in [2.24, 2.45) is 0 Å². The lowest BCUT2D eigenvalue weighted by Gasteiger charge is -2.42. The summed E-state index contributed by atoms with van der Waals surface area (Å²) in [4.78, 5) is 47.0. The average Bonchev–Trinajstić information content (AvgIpc) is 2.69. The summed E-state index contributed by atoms with van der Waals surface area (Å²) in [5.74, 6) is -2.92. The summed E-state index contributed by atoms with van der Waals surface area (Å²) in [6.45, 7) is 3.02. The molecule has 5 atom stereocenters. The average molecular weight is 419 g/mol. The lowest BCUT2D eigenvalue weighted by Crippen LogP contribution is -2.62. The van der Waals surface area contributed by atoms with Gasteiger partial charge in [-0.15, -0.1) is 0 Å². The fraction of sp³-hybridized carbons (Fsp3) is 0.450. The molecule has 1 heterocycles. The Kier molecular flexibility index (Phi) is 7.89. The molecule has 1 aromatic carbocycles. The Morgan fingerprint density at radius 1 is 0.900 bits per heavy atom. The van der Waals surface area contributed by atoms with Crippen molar-refractivity contribution in [3.63, 3.8) is 0 Å². The molecule has 30 heavy (non-hydrogen) atoms. The summed E-state index contributed by atoms with van der Waals surface area (Å²) in [6, 6.07) is 9.78. The Morgan fingerprint density at radius 2 is 1.50 bits per heavy atom. The van der Waals surface area contributed by atoms with Crippen LogP contribution in [0.25, 0.3) is 0 Å². The second-order valence-electron chi connectivity index (χ2n) is 6.41.